The number of nitrogens with one attached hydrogen (secondary N) is 1. The molecule has 0 unspecified atom stereocenters. The maximum absolute atomic E-state index is 13.3. The number of rotatable bonds is 5. The van der Waals surface area contributed by atoms with Crippen molar-refractivity contribution in [1.29, 1.82) is 0 Å². The Morgan fingerprint density at radius 2 is 2.12 bits per heavy atom. The topological polar surface area (TPSA) is 56.2 Å². The van der Waals surface area contributed by atoms with Crippen molar-refractivity contribution in [2.24, 2.45) is 7.05 Å². The minimum absolute atomic E-state index is 0.253. The number of aromatic nitrogens is 2. The number of benzene rings is 2. The molecule has 0 radical (unpaired) electrons. The fourth-order valence-corrected chi connectivity index (χ4v) is 2.71. The second-order valence-electron chi connectivity index (χ2n) is 5.27. The molecule has 7 heteroatoms. The first-order chi connectivity index (χ1) is 12.1. The molecule has 0 bridgehead atoms. The first kappa shape index (κ1) is 17.2. The number of nitrogens with zero attached hydrogens (tertiary/aromatic N) is 2. The van der Waals surface area contributed by atoms with E-state index in [1.54, 1.807) is 35.1 Å². The molecular weight excluding hydrogens is 389 g/mol. The lowest BCUT2D eigenvalue weighted by Crippen LogP contribution is -2.12. The van der Waals surface area contributed by atoms with Crippen LogP contribution in [-0.2, 0) is 7.05 Å². The number of carbonyl (C=O) groups excluding carboxylic acids is 1. The van der Waals surface area contributed by atoms with Gasteiger partial charge in [-0.15, -0.1) is 0 Å². The van der Waals surface area contributed by atoms with E-state index in [2.05, 4.69) is 26.3 Å². The standard InChI is InChI=1S/C18H15BrFN3O2/c1-23-16(7-8-21-23)15-10-14(5-6-17(15)25-11-19)22-18(24)12-3-2-4-13(20)9-12/h2-10H,11H2,1H3,(H,22,24). The van der Waals surface area contributed by atoms with Crippen molar-refractivity contribution >= 4 is 27.5 Å². The third-order valence-electron chi connectivity index (χ3n) is 3.63. The predicted octanol–water partition coefficient (Wildman–Crippen LogP) is 4.21. The van der Waals surface area contributed by atoms with Crippen LogP contribution in [0, 0.1) is 5.82 Å². The van der Waals surface area contributed by atoms with Gasteiger partial charge in [0.15, 0.2) is 0 Å². The molecule has 2 aromatic carbocycles. The maximum Gasteiger partial charge on any atom is 0.255 e. The van der Waals surface area contributed by atoms with Gasteiger partial charge >= 0.3 is 0 Å². The van der Waals surface area contributed by atoms with Crippen LogP contribution in [0.25, 0.3) is 11.3 Å². The molecule has 128 valence electrons. The van der Waals surface area contributed by atoms with Crippen LogP contribution in [0.5, 0.6) is 5.75 Å². The summed E-state index contributed by atoms with van der Waals surface area (Å²) in [6, 6.07) is 12.7. The summed E-state index contributed by atoms with van der Waals surface area (Å²) in [5.74, 6) is -0.182. The third kappa shape index (κ3) is 3.88. The molecule has 0 atom stereocenters. The summed E-state index contributed by atoms with van der Waals surface area (Å²) in [5, 5.41) is 6.94. The molecular formula is C18H15BrFN3O2. The number of amides is 1. The zero-order valence-electron chi connectivity index (χ0n) is 13.4. The van der Waals surface area contributed by atoms with Crippen LogP contribution in [0.3, 0.4) is 0 Å². The number of aryl methyl sites for hydroxylation is 1. The highest BCUT2D eigenvalue weighted by molar-refractivity contribution is 9.09. The van der Waals surface area contributed by atoms with Gasteiger partial charge in [0.05, 0.1) is 5.69 Å². The SMILES string of the molecule is Cn1nccc1-c1cc(NC(=O)c2cccc(F)c2)ccc1OCBr. The fourth-order valence-electron chi connectivity index (χ4n) is 2.46. The number of hydrogen-bond donors (Lipinski definition) is 1. The Morgan fingerprint density at radius 1 is 1.28 bits per heavy atom. The van der Waals surface area contributed by atoms with Gasteiger partial charge in [0.25, 0.3) is 5.91 Å². The van der Waals surface area contributed by atoms with Crippen molar-refractivity contribution in [3.63, 3.8) is 0 Å². The Kier molecular flexibility index (Phi) is 5.14. The summed E-state index contributed by atoms with van der Waals surface area (Å²) < 4.78 is 20.6. The van der Waals surface area contributed by atoms with E-state index in [-0.39, 0.29) is 11.5 Å². The zero-order chi connectivity index (χ0) is 17.8. The van der Waals surface area contributed by atoms with E-state index in [4.69, 9.17) is 4.74 Å². The van der Waals surface area contributed by atoms with E-state index in [9.17, 15) is 9.18 Å². The summed E-state index contributed by atoms with van der Waals surface area (Å²) in [7, 11) is 1.82. The van der Waals surface area contributed by atoms with Crippen molar-refractivity contribution in [2.45, 2.75) is 0 Å². The molecule has 0 saturated heterocycles. The largest absolute Gasteiger partial charge is 0.482 e. The first-order valence-electron chi connectivity index (χ1n) is 7.46. The highest BCUT2D eigenvalue weighted by atomic mass is 79.9. The smallest absolute Gasteiger partial charge is 0.255 e. The Bertz CT molecular complexity index is 911. The van der Waals surface area contributed by atoms with E-state index >= 15 is 0 Å². The minimum atomic E-state index is -0.454. The minimum Gasteiger partial charge on any atom is -0.482 e. The molecule has 0 saturated carbocycles. The highest BCUT2D eigenvalue weighted by Gasteiger charge is 2.13. The first-order valence-corrected chi connectivity index (χ1v) is 8.59. The lowest BCUT2D eigenvalue weighted by atomic mass is 10.1. The highest BCUT2D eigenvalue weighted by Crippen LogP contribution is 2.32. The van der Waals surface area contributed by atoms with Gasteiger partial charge in [-0.3, -0.25) is 9.48 Å². The summed E-state index contributed by atoms with van der Waals surface area (Å²) >= 11 is 3.25. The summed E-state index contributed by atoms with van der Waals surface area (Å²) in [4.78, 5) is 12.3. The van der Waals surface area contributed by atoms with Gasteiger partial charge < -0.3 is 10.1 Å². The molecule has 0 aliphatic heterocycles. The number of alkyl halides is 1. The quantitative estimate of drug-likeness (QED) is 0.649. The number of carbonyl (C=O) groups is 1. The second-order valence-corrected chi connectivity index (χ2v) is 5.73. The lowest BCUT2D eigenvalue weighted by Gasteiger charge is -2.13. The monoisotopic (exact) mass is 403 g/mol. The van der Waals surface area contributed by atoms with E-state index in [0.29, 0.717) is 17.0 Å². The van der Waals surface area contributed by atoms with E-state index in [0.717, 1.165) is 11.3 Å². The van der Waals surface area contributed by atoms with Gasteiger partial charge in [-0.05, 0) is 58.4 Å². The van der Waals surface area contributed by atoms with Gasteiger partial charge in [-0.1, -0.05) is 6.07 Å². The molecule has 1 N–H and O–H groups in total. The molecule has 3 rings (SSSR count). The number of hydrogen-bond acceptors (Lipinski definition) is 3. The number of halogens is 2. The Labute approximate surface area is 152 Å². The Balaban J connectivity index is 1.92. The molecule has 25 heavy (non-hydrogen) atoms. The second kappa shape index (κ2) is 7.48. The lowest BCUT2D eigenvalue weighted by molar-refractivity contribution is 0.102. The van der Waals surface area contributed by atoms with Crippen LogP contribution in [0.1, 0.15) is 10.4 Å². The van der Waals surface area contributed by atoms with Crippen molar-refractivity contribution in [3.8, 4) is 17.0 Å². The van der Waals surface area contributed by atoms with Gasteiger partial charge in [-0.25, -0.2) is 4.39 Å². The van der Waals surface area contributed by atoms with Crippen LogP contribution in [0.2, 0.25) is 0 Å². The molecule has 0 spiro atoms. The zero-order valence-corrected chi connectivity index (χ0v) is 15.0. The van der Waals surface area contributed by atoms with Crippen molar-refractivity contribution in [2.75, 3.05) is 10.8 Å². The Morgan fingerprint density at radius 3 is 2.80 bits per heavy atom. The third-order valence-corrected chi connectivity index (χ3v) is 3.86. The van der Waals surface area contributed by atoms with E-state index in [1.165, 1.54) is 18.2 Å². The molecule has 0 aliphatic carbocycles. The number of ether oxygens (including phenoxy) is 1. The van der Waals surface area contributed by atoms with E-state index < -0.39 is 5.82 Å². The van der Waals surface area contributed by atoms with Gasteiger partial charge in [0, 0.05) is 30.1 Å². The summed E-state index contributed by atoms with van der Waals surface area (Å²) in [5.41, 5.74) is 2.80. The predicted molar refractivity (Wildman–Crippen MR) is 97.4 cm³/mol. The van der Waals surface area contributed by atoms with Crippen LogP contribution in [0.15, 0.2) is 54.7 Å². The van der Waals surface area contributed by atoms with E-state index in [1.807, 2.05) is 13.1 Å². The molecule has 0 fully saturated rings. The summed E-state index contributed by atoms with van der Waals surface area (Å²) in [6.45, 7) is 0. The average molecular weight is 404 g/mol. The van der Waals surface area contributed by atoms with Crippen molar-refractivity contribution in [1.82, 2.24) is 9.78 Å². The van der Waals surface area contributed by atoms with Crippen LogP contribution in [0.4, 0.5) is 10.1 Å². The fraction of sp³-hybridized carbons (Fsp3) is 0.111. The molecule has 3 aromatic rings. The molecule has 1 heterocycles. The maximum atomic E-state index is 13.3. The van der Waals surface area contributed by atoms with Crippen LogP contribution in [-0.4, -0.2) is 21.2 Å². The van der Waals surface area contributed by atoms with Crippen molar-refractivity contribution in [3.05, 3.63) is 66.1 Å². The van der Waals surface area contributed by atoms with Gasteiger partial charge in [0.2, 0.25) is 0 Å². The van der Waals surface area contributed by atoms with Crippen LogP contribution < -0.4 is 10.1 Å². The molecule has 1 amide bonds. The Hall–Kier alpha value is -2.67. The normalized spacial score (nSPS) is 10.5. The molecule has 5 nitrogen and oxygen atoms in total. The van der Waals surface area contributed by atoms with Crippen molar-refractivity contribution < 1.29 is 13.9 Å². The molecule has 0 aliphatic rings. The van der Waals surface area contributed by atoms with Gasteiger partial charge in [0.1, 0.15) is 17.1 Å². The number of anilines is 1. The van der Waals surface area contributed by atoms with Crippen LogP contribution >= 0.6 is 15.9 Å². The molecule has 1 aromatic heterocycles. The summed E-state index contributed by atoms with van der Waals surface area (Å²) in [6.07, 6.45) is 1.69. The average Bonchev–Trinajstić information content (AvgIpc) is 3.02. The van der Waals surface area contributed by atoms with Gasteiger partial charge in [-0.2, -0.15) is 5.10 Å².